The first-order valence-corrected chi connectivity index (χ1v) is 5.79. The number of nitrogens with zero attached hydrogens (tertiary/aromatic N) is 1. The van der Waals surface area contributed by atoms with Gasteiger partial charge >= 0.3 is 6.03 Å². The van der Waals surface area contributed by atoms with Crippen LogP contribution in [-0.2, 0) is 0 Å². The zero-order valence-electron chi connectivity index (χ0n) is 9.70. The third-order valence-corrected chi connectivity index (χ3v) is 3.00. The standard InChI is InChI=1S/C11H22N2O2/c1-9-3-6-13(7-4-9)11(15)12-10(2)5-8-14/h9-10,14H,3-8H2,1-2H3,(H,12,15). The molecule has 1 rings (SSSR count). The first-order valence-electron chi connectivity index (χ1n) is 5.79. The van der Waals surface area contributed by atoms with Crippen molar-refractivity contribution in [2.45, 2.75) is 39.2 Å². The molecule has 0 aromatic carbocycles. The molecular formula is C11H22N2O2. The smallest absolute Gasteiger partial charge is 0.317 e. The van der Waals surface area contributed by atoms with Gasteiger partial charge in [0.25, 0.3) is 0 Å². The van der Waals surface area contributed by atoms with Crippen LogP contribution in [0.1, 0.15) is 33.1 Å². The molecule has 0 spiro atoms. The molecule has 0 aromatic heterocycles. The minimum atomic E-state index is 0.0165. The van der Waals surface area contributed by atoms with E-state index < -0.39 is 0 Å². The number of piperidine rings is 1. The topological polar surface area (TPSA) is 52.6 Å². The Bertz CT molecular complexity index is 201. The van der Waals surface area contributed by atoms with Crippen LogP contribution < -0.4 is 5.32 Å². The van der Waals surface area contributed by atoms with Gasteiger partial charge in [0.15, 0.2) is 0 Å². The van der Waals surface area contributed by atoms with E-state index in [1.807, 2.05) is 11.8 Å². The molecule has 1 saturated heterocycles. The Hall–Kier alpha value is -0.770. The van der Waals surface area contributed by atoms with Crippen molar-refractivity contribution >= 4 is 6.03 Å². The Morgan fingerprint density at radius 1 is 1.53 bits per heavy atom. The number of nitrogens with one attached hydrogen (secondary N) is 1. The lowest BCUT2D eigenvalue weighted by Crippen LogP contribution is -2.47. The number of rotatable bonds is 3. The van der Waals surface area contributed by atoms with E-state index in [-0.39, 0.29) is 18.7 Å². The van der Waals surface area contributed by atoms with Crippen LogP contribution in [0.4, 0.5) is 4.79 Å². The van der Waals surface area contributed by atoms with Crippen molar-refractivity contribution in [2.24, 2.45) is 5.92 Å². The van der Waals surface area contributed by atoms with E-state index >= 15 is 0 Å². The van der Waals surface area contributed by atoms with Crippen molar-refractivity contribution in [3.05, 3.63) is 0 Å². The van der Waals surface area contributed by atoms with Crippen molar-refractivity contribution < 1.29 is 9.90 Å². The first kappa shape index (κ1) is 12.3. The van der Waals surface area contributed by atoms with Crippen LogP contribution in [0, 0.1) is 5.92 Å². The zero-order valence-corrected chi connectivity index (χ0v) is 9.70. The predicted octanol–water partition coefficient (Wildman–Crippen LogP) is 1.20. The van der Waals surface area contributed by atoms with Crippen molar-refractivity contribution in [3.63, 3.8) is 0 Å². The number of urea groups is 1. The molecule has 1 heterocycles. The van der Waals surface area contributed by atoms with Gasteiger partial charge < -0.3 is 15.3 Å². The van der Waals surface area contributed by atoms with Crippen LogP contribution in [0.2, 0.25) is 0 Å². The third kappa shape index (κ3) is 4.08. The molecule has 0 bridgehead atoms. The number of carbonyl (C=O) groups is 1. The number of aliphatic hydroxyl groups excluding tert-OH is 1. The molecule has 4 nitrogen and oxygen atoms in total. The molecule has 2 amide bonds. The summed E-state index contributed by atoms with van der Waals surface area (Å²) in [5.74, 6) is 0.740. The largest absolute Gasteiger partial charge is 0.396 e. The maximum absolute atomic E-state index is 11.7. The Labute approximate surface area is 91.6 Å². The highest BCUT2D eigenvalue weighted by atomic mass is 16.3. The van der Waals surface area contributed by atoms with Crippen LogP contribution >= 0.6 is 0 Å². The molecule has 0 saturated carbocycles. The van der Waals surface area contributed by atoms with Crippen LogP contribution in [-0.4, -0.2) is 41.8 Å². The molecule has 1 fully saturated rings. The molecule has 2 N–H and O–H groups in total. The molecule has 0 aromatic rings. The number of hydrogen-bond donors (Lipinski definition) is 2. The number of aliphatic hydroxyl groups is 1. The van der Waals surface area contributed by atoms with Crippen LogP contribution in [0.3, 0.4) is 0 Å². The highest BCUT2D eigenvalue weighted by molar-refractivity contribution is 5.74. The van der Waals surface area contributed by atoms with E-state index in [9.17, 15) is 4.79 Å². The minimum Gasteiger partial charge on any atom is -0.396 e. The summed E-state index contributed by atoms with van der Waals surface area (Å²) >= 11 is 0. The van der Waals surface area contributed by atoms with Gasteiger partial charge in [0.05, 0.1) is 0 Å². The summed E-state index contributed by atoms with van der Waals surface area (Å²) in [7, 11) is 0. The van der Waals surface area contributed by atoms with Gasteiger partial charge in [-0.1, -0.05) is 6.92 Å². The summed E-state index contributed by atoms with van der Waals surface area (Å²) < 4.78 is 0. The second kappa shape index (κ2) is 5.95. The van der Waals surface area contributed by atoms with E-state index in [0.29, 0.717) is 6.42 Å². The third-order valence-electron chi connectivity index (χ3n) is 3.00. The fraction of sp³-hybridized carbons (Fsp3) is 0.909. The molecule has 1 atom stereocenters. The first-order chi connectivity index (χ1) is 7.13. The Kier molecular flexibility index (Phi) is 4.88. The molecular weight excluding hydrogens is 192 g/mol. The molecule has 0 radical (unpaired) electrons. The summed E-state index contributed by atoms with van der Waals surface area (Å²) in [5.41, 5.74) is 0. The number of likely N-dealkylation sites (tertiary alicyclic amines) is 1. The molecule has 0 aliphatic carbocycles. The summed E-state index contributed by atoms with van der Waals surface area (Å²) in [6.07, 6.45) is 2.82. The normalized spacial score (nSPS) is 20.1. The summed E-state index contributed by atoms with van der Waals surface area (Å²) in [5, 5.41) is 11.6. The van der Waals surface area contributed by atoms with Gasteiger partial charge in [0.1, 0.15) is 0 Å². The predicted molar refractivity (Wildman–Crippen MR) is 59.7 cm³/mol. The number of hydrogen-bond acceptors (Lipinski definition) is 2. The quantitative estimate of drug-likeness (QED) is 0.741. The van der Waals surface area contributed by atoms with E-state index in [4.69, 9.17) is 5.11 Å². The number of amides is 2. The Morgan fingerprint density at radius 3 is 2.67 bits per heavy atom. The van der Waals surface area contributed by atoms with Crippen molar-refractivity contribution in [2.75, 3.05) is 19.7 Å². The molecule has 15 heavy (non-hydrogen) atoms. The van der Waals surface area contributed by atoms with Crippen LogP contribution in [0.5, 0.6) is 0 Å². The van der Waals surface area contributed by atoms with Gasteiger partial charge in [-0.25, -0.2) is 4.79 Å². The van der Waals surface area contributed by atoms with Crippen LogP contribution in [0.15, 0.2) is 0 Å². The highest BCUT2D eigenvalue weighted by Crippen LogP contribution is 2.15. The fourth-order valence-electron chi connectivity index (χ4n) is 1.78. The Morgan fingerprint density at radius 2 is 2.13 bits per heavy atom. The van der Waals surface area contributed by atoms with Gasteiger partial charge in [0, 0.05) is 25.7 Å². The second-order valence-corrected chi connectivity index (χ2v) is 4.53. The van der Waals surface area contributed by atoms with Gasteiger partial charge in [-0.3, -0.25) is 0 Å². The second-order valence-electron chi connectivity index (χ2n) is 4.53. The maximum Gasteiger partial charge on any atom is 0.317 e. The maximum atomic E-state index is 11.7. The van der Waals surface area contributed by atoms with E-state index in [1.54, 1.807) is 0 Å². The average Bonchev–Trinajstić information content (AvgIpc) is 2.18. The van der Waals surface area contributed by atoms with Crippen LogP contribution in [0.25, 0.3) is 0 Å². The molecule has 4 heteroatoms. The lowest BCUT2D eigenvalue weighted by molar-refractivity contribution is 0.168. The number of carbonyl (C=O) groups excluding carboxylic acids is 1. The molecule has 88 valence electrons. The van der Waals surface area contributed by atoms with E-state index in [1.165, 1.54) is 0 Å². The van der Waals surface area contributed by atoms with E-state index in [2.05, 4.69) is 12.2 Å². The lowest BCUT2D eigenvalue weighted by Gasteiger charge is -2.31. The average molecular weight is 214 g/mol. The molecule has 1 unspecified atom stereocenters. The fourth-order valence-corrected chi connectivity index (χ4v) is 1.78. The summed E-state index contributed by atoms with van der Waals surface area (Å²) in [6.45, 7) is 5.99. The zero-order chi connectivity index (χ0) is 11.3. The SMILES string of the molecule is CC1CCN(C(=O)NC(C)CCO)CC1. The van der Waals surface area contributed by atoms with Gasteiger partial charge in [-0.15, -0.1) is 0 Å². The van der Waals surface area contributed by atoms with Crippen molar-refractivity contribution in [1.29, 1.82) is 0 Å². The van der Waals surface area contributed by atoms with E-state index in [0.717, 1.165) is 31.8 Å². The van der Waals surface area contributed by atoms with Gasteiger partial charge in [-0.05, 0) is 32.1 Å². The van der Waals surface area contributed by atoms with Gasteiger partial charge in [0.2, 0.25) is 0 Å². The summed E-state index contributed by atoms with van der Waals surface area (Å²) in [6, 6.07) is 0.0738. The van der Waals surface area contributed by atoms with Gasteiger partial charge in [-0.2, -0.15) is 0 Å². The Balaban J connectivity index is 2.27. The minimum absolute atomic E-state index is 0.0165. The summed E-state index contributed by atoms with van der Waals surface area (Å²) in [4.78, 5) is 13.6. The highest BCUT2D eigenvalue weighted by Gasteiger charge is 2.20. The lowest BCUT2D eigenvalue weighted by atomic mass is 10.00. The van der Waals surface area contributed by atoms with Crippen molar-refractivity contribution in [1.82, 2.24) is 10.2 Å². The molecule has 1 aliphatic heterocycles. The molecule has 1 aliphatic rings. The van der Waals surface area contributed by atoms with Crippen molar-refractivity contribution in [3.8, 4) is 0 Å². The monoisotopic (exact) mass is 214 g/mol.